The molecule has 3 nitrogen and oxygen atoms in total. The average Bonchev–Trinajstić information content (AvgIpc) is 2.46. The Bertz CT molecular complexity index is 599. The highest BCUT2D eigenvalue weighted by Crippen LogP contribution is 2.15. The zero-order valence-electron chi connectivity index (χ0n) is 11.2. The van der Waals surface area contributed by atoms with Crippen LogP contribution in [0.4, 0.5) is 0 Å². The molecule has 0 saturated heterocycles. The molecule has 0 aliphatic rings. The van der Waals surface area contributed by atoms with Gasteiger partial charge in [-0.2, -0.15) is 5.26 Å². The van der Waals surface area contributed by atoms with Crippen LogP contribution in [0.2, 0.25) is 0 Å². The Balaban J connectivity index is 2.03. The van der Waals surface area contributed by atoms with E-state index in [1.54, 1.807) is 6.20 Å². The smallest absolute Gasteiger partial charge is 0.0991 e. The van der Waals surface area contributed by atoms with Crippen LogP contribution in [-0.4, -0.2) is 4.98 Å². The number of hydrogen-bond acceptors (Lipinski definition) is 3. The first-order chi connectivity index (χ1) is 9.20. The maximum Gasteiger partial charge on any atom is 0.0991 e. The number of nitrogens with one attached hydrogen (secondary N) is 1. The number of aryl methyl sites for hydroxylation is 1. The lowest BCUT2D eigenvalue weighted by Gasteiger charge is -2.15. The fourth-order valence-electron chi connectivity index (χ4n) is 1.94. The summed E-state index contributed by atoms with van der Waals surface area (Å²) in [4.78, 5) is 4.14. The molecule has 0 aliphatic heterocycles. The first-order valence-corrected chi connectivity index (χ1v) is 6.33. The Hall–Kier alpha value is -2.18. The van der Waals surface area contributed by atoms with Crippen LogP contribution in [0, 0.1) is 18.3 Å². The van der Waals surface area contributed by atoms with Gasteiger partial charge in [-0.25, -0.2) is 0 Å². The second-order valence-electron chi connectivity index (χ2n) is 4.64. The molecule has 0 fully saturated rings. The summed E-state index contributed by atoms with van der Waals surface area (Å²) in [5.74, 6) is 0. The summed E-state index contributed by atoms with van der Waals surface area (Å²) in [5, 5.41) is 12.4. The third-order valence-corrected chi connectivity index (χ3v) is 3.26. The first-order valence-electron chi connectivity index (χ1n) is 6.33. The van der Waals surface area contributed by atoms with Gasteiger partial charge in [0.25, 0.3) is 0 Å². The van der Waals surface area contributed by atoms with Gasteiger partial charge in [0.2, 0.25) is 0 Å². The largest absolute Gasteiger partial charge is 0.306 e. The molecule has 1 atom stereocenters. The van der Waals surface area contributed by atoms with Crippen LogP contribution in [0.15, 0.2) is 42.7 Å². The molecular weight excluding hydrogens is 234 g/mol. The van der Waals surface area contributed by atoms with Crippen molar-refractivity contribution in [1.82, 2.24) is 10.3 Å². The van der Waals surface area contributed by atoms with Crippen molar-refractivity contribution in [3.63, 3.8) is 0 Å². The van der Waals surface area contributed by atoms with Crippen molar-refractivity contribution >= 4 is 0 Å². The van der Waals surface area contributed by atoms with Crippen molar-refractivity contribution in [2.75, 3.05) is 0 Å². The fourth-order valence-corrected chi connectivity index (χ4v) is 1.94. The molecule has 1 aromatic heterocycles. The lowest BCUT2D eigenvalue weighted by Crippen LogP contribution is -2.18. The summed E-state index contributed by atoms with van der Waals surface area (Å²) < 4.78 is 0. The van der Waals surface area contributed by atoms with Crippen molar-refractivity contribution in [2.45, 2.75) is 26.4 Å². The van der Waals surface area contributed by atoms with Gasteiger partial charge < -0.3 is 5.32 Å². The second kappa shape index (κ2) is 6.12. The van der Waals surface area contributed by atoms with Crippen LogP contribution in [0.25, 0.3) is 0 Å². The number of nitrogens with zero attached hydrogens (tertiary/aromatic N) is 2. The van der Waals surface area contributed by atoms with Gasteiger partial charge in [-0.3, -0.25) is 4.98 Å². The number of pyridine rings is 1. The monoisotopic (exact) mass is 251 g/mol. The van der Waals surface area contributed by atoms with Gasteiger partial charge in [-0.1, -0.05) is 12.1 Å². The molecule has 1 unspecified atom stereocenters. The maximum absolute atomic E-state index is 8.91. The summed E-state index contributed by atoms with van der Waals surface area (Å²) >= 11 is 0. The highest BCUT2D eigenvalue weighted by atomic mass is 14.9. The van der Waals surface area contributed by atoms with Gasteiger partial charge in [-0.15, -0.1) is 0 Å². The quantitative estimate of drug-likeness (QED) is 0.908. The van der Waals surface area contributed by atoms with Crippen molar-refractivity contribution in [2.24, 2.45) is 0 Å². The van der Waals surface area contributed by atoms with Crippen LogP contribution in [0.5, 0.6) is 0 Å². The fraction of sp³-hybridized carbons (Fsp3) is 0.250. The normalized spacial score (nSPS) is 11.8. The van der Waals surface area contributed by atoms with E-state index in [2.05, 4.69) is 30.2 Å². The molecule has 0 aliphatic carbocycles. The zero-order valence-corrected chi connectivity index (χ0v) is 11.2. The number of hydrogen-bond donors (Lipinski definition) is 1. The van der Waals surface area contributed by atoms with Crippen molar-refractivity contribution < 1.29 is 0 Å². The highest BCUT2D eigenvalue weighted by molar-refractivity contribution is 5.34. The Morgan fingerprint density at radius 3 is 2.95 bits per heavy atom. The third-order valence-electron chi connectivity index (χ3n) is 3.26. The second-order valence-corrected chi connectivity index (χ2v) is 4.64. The molecule has 0 bridgehead atoms. The van der Waals surface area contributed by atoms with Crippen LogP contribution in [0.1, 0.15) is 35.2 Å². The standard InChI is InChI=1S/C16H17N3/c1-12-6-7-18-10-16(12)11-19-13(2)15-5-3-4-14(8-15)9-17/h3-8,10,13,19H,11H2,1-2H3. The molecule has 19 heavy (non-hydrogen) atoms. The minimum absolute atomic E-state index is 0.202. The molecule has 3 heteroatoms. The summed E-state index contributed by atoms with van der Waals surface area (Å²) in [5.41, 5.74) is 4.26. The highest BCUT2D eigenvalue weighted by Gasteiger charge is 2.06. The minimum Gasteiger partial charge on any atom is -0.306 e. The van der Waals surface area contributed by atoms with Gasteiger partial charge in [0.1, 0.15) is 0 Å². The summed E-state index contributed by atoms with van der Waals surface area (Å²) in [7, 11) is 0. The van der Waals surface area contributed by atoms with E-state index in [0.717, 1.165) is 12.1 Å². The average molecular weight is 251 g/mol. The number of benzene rings is 1. The van der Waals surface area contributed by atoms with Crippen LogP contribution in [-0.2, 0) is 6.54 Å². The van der Waals surface area contributed by atoms with E-state index in [1.807, 2.05) is 36.5 Å². The van der Waals surface area contributed by atoms with Crippen molar-refractivity contribution in [3.05, 3.63) is 65.0 Å². The van der Waals surface area contributed by atoms with E-state index < -0.39 is 0 Å². The summed E-state index contributed by atoms with van der Waals surface area (Å²) in [6, 6.07) is 12.1. The summed E-state index contributed by atoms with van der Waals surface area (Å²) in [6.07, 6.45) is 3.69. The minimum atomic E-state index is 0.202. The molecule has 96 valence electrons. The number of rotatable bonds is 4. The third kappa shape index (κ3) is 3.40. The Morgan fingerprint density at radius 1 is 1.37 bits per heavy atom. The van der Waals surface area contributed by atoms with E-state index in [-0.39, 0.29) is 6.04 Å². The van der Waals surface area contributed by atoms with Gasteiger partial charge in [0, 0.05) is 25.0 Å². The molecule has 1 N–H and O–H groups in total. The molecular formula is C16H17N3. The lowest BCUT2D eigenvalue weighted by molar-refractivity contribution is 0.572. The van der Waals surface area contributed by atoms with Gasteiger partial charge in [0.05, 0.1) is 11.6 Å². The van der Waals surface area contributed by atoms with Gasteiger partial charge in [-0.05, 0) is 48.7 Å². The SMILES string of the molecule is Cc1ccncc1CNC(C)c1cccc(C#N)c1. The molecule has 0 spiro atoms. The van der Waals surface area contributed by atoms with E-state index >= 15 is 0 Å². The lowest BCUT2D eigenvalue weighted by atomic mass is 10.1. The zero-order chi connectivity index (χ0) is 13.7. The van der Waals surface area contributed by atoms with E-state index in [9.17, 15) is 0 Å². The maximum atomic E-state index is 8.91. The molecule has 1 aromatic carbocycles. The molecule has 0 amide bonds. The number of nitriles is 1. The van der Waals surface area contributed by atoms with Crippen LogP contribution >= 0.6 is 0 Å². The van der Waals surface area contributed by atoms with Gasteiger partial charge in [0.15, 0.2) is 0 Å². The molecule has 0 radical (unpaired) electrons. The van der Waals surface area contributed by atoms with Gasteiger partial charge >= 0.3 is 0 Å². The van der Waals surface area contributed by atoms with E-state index in [0.29, 0.717) is 5.56 Å². The van der Waals surface area contributed by atoms with Crippen molar-refractivity contribution in [3.8, 4) is 6.07 Å². The predicted molar refractivity (Wildman–Crippen MR) is 75.4 cm³/mol. The van der Waals surface area contributed by atoms with Crippen LogP contribution in [0.3, 0.4) is 0 Å². The van der Waals surface area contributed by atoms with Crippen molar-refractivity contribution in [1.29, 1.82) is 5.26 Å². The van der Waals surface area contributed by atoms with E-state index in [1.165, 1.54) is 11.1 Å². The summed E-state index contributed by atoms with van der Waals surface area (Å²) in [6.45, 7) is 4.96. The Kier molecular flexibility index (Phi) is 4.27. The first kappa shape index (κ1) is 13.3. The Morgan fingerprint density at radius 2 is 2.21 bits per heavy atom. The topological polar surface area (TPSA) is 48.7 Å². The molecule has 2 rings (SSSR count). The van der Waals surface area contributed by atoms with Crippen LogP contribution < -0.4 is 5.32 Å². The van der Waals surface area contributed by atoms with E-state index in [4.69, 9.17) is 5.26 Å². The molecule has 2 aromatic rings. The Labute approximate surface area is 113 Å². The number of aromatic nitrogens is 1. The molecule has 1 heterocycles. The molecule has 0 saturated carbocycles. The predicted octanol–water partition coefficient (Wildman–Crippen LogP) is 3.11.